The van der Waals surface area contributed by atoms with Crippen molar-refractivity contribution in [3.63, 3.8) is 0 Å². The van der Waals surface area contributed by atoms with E-state index in [1.165, 1.54) is 12.7 Å². The molecule has 2 aromatic rings. The maximum Gasteiger partial charge on any atom is 0.329 e. The number of carbonyl (C=O) groups is 2. The van der Waals surface area contributed by atoms with Crippen molar-refractivity contribution < 1.29 is 22.7 Å². The highest BCUT2D eigenvalue weighted by Gasteiger charge is 2.43. The van der Waals surface area contributed by atoms with Gasteiger partial charge in [-0.1, -0.05) is 55.8 Å². The highest BCUT2D eigenvalue weighted by atomic mass is 32.2. The monoisotopic (exact) mass is 401 g/mol. The molecule has 2 aromatic carbocycles. The van der Waals surface area contributed by atoms with Crippen molar-refractivity contribution in [3.05, 3.63) is 59.7 Å². The van der Waals surface area contributed by atoms with Gasteiger partial charge in [0, 0.05) is 5.56 Å². The average Bonchev–Trinajstić information content (AvgIpc) is 3.03. The molecular formula is C21H23NO5S. The van der Waals surface area contributed by atoms with Crippen LogP contribution in [-0.4, -0.2) is 50.0 Å². The number of sulfone groups is 1. The van der Waals surface area contributed by atoms with Crippen LogP contribution in [0.15, 0.2) is 48.5 Å². The standard InChI is InChI=1S/C21H23NO5S/c1-3-6-15-9-11-16(12-10-15)17-7-4-5-8-18(17)20(23)22-14-28(25,26)13-19(22)21(24)27-2/h4-5,7-12,19H,3,6,13-14H2,1-2H3/t19-/m1/s1. The second-order valence-electron chi connectivity index (χ2n) is 6.85. The van der Waals surface area contributed by atoms with E-state index >= 15 is 0 Å². The molecule has 0 spiro atoms. The van der Waals surface area contributed by atoms with Gasteiger partial charge in [0.15, 0.2) is 9.84 Å². The maximum atomic E-state index is 13.2. The van der Waals surface area contributed by atoms with Crippen LogP contribution in [0, 0.1) is 0 Å². The van der Waals surface area contributed by atoms with Crippen molar-refractivity contribution >= 4 is 21.7 Å². The molecule has 0 unspecified atom stereocenters. The fraction of sp³-hybridized carbons (Fsp3) is 0.333. The van der Waals surface area contributed by atoms with Crippen LogP contribution >= 0.6 is 0 Å². The number of amides is 1. The minimum Gasteiger partial charge on any atom is -0.467 e. The Kier molecular flexibility index (Phi) is 5.84. The van der Waals surface area contributed by atoms with Crippen molar-refractivity contribution in [1.29, 1.82) is 0 Å². The third-order valence-corrected chi connectivity index (χ3v) is 6.31. The number of aryl methyl sites for hydroxylation is 1. The largest absolute Gasteiger partial charge is 0.467 e. The van der Waals surface area contributed by atoms with Crippen molar-refractivity contribution in [2.45, 2.75) is 25.8 Å². The lowest BCUT2D eigenvalue weighted by Gasteiger charge is -2.22. The molecule has 1 atom stereocenters. The van der Waals surface area contributed by atoms with Crippen LogP contribution in [0.5, 0.6) is 0 Å². The molecule has 28 heavy (non-hydrogen) atoms. The fourth-order valence-electron chi connectivity index (χ4n) is 3.43. The van der Waals surface area contributed by atoms with Crippen molar-refractivity contribution in [3.8, 4) is 11.1 Å². The quantitative estimate of drug-likeness (QED) is 0.720. The second-order valence-corrected chi connectivity index (χ2v) is 8.92. The molecule has 1 fully saturated rings. The summed E-state index contributed by atoms with van der Waals surface area (Å²) in [6.45, 7) is 2.11. The SMILES string of the molecule is CCCc1ccc(-c2ccccc2C(=O)N2CS(=O)(=O)C[C@@H]2C(=O)OC)cc1. The predicted molar refractivity (Wildman–Crippen MR) is 107 cm³/mol. The summed E-state index contributed by atoms with van der Waals surface area (Å²) in [6.07, 6.45) is 2.03. The van der Waals surface area contributed by atoms with Gasteiger partial charge in [0.2, 0.25) is 0 Å². The summed E-state index contributed by atoms with van der Waals surface area (Å²) in [5, 5.41) is 0. The summed E-state index contributed by atoms with van der Waals surface area (Å²) < 4.78 is 28.8. The van der Waals surface area contributed by atoms with E-state index in [0.29, 0.717) is 11.1 Å². The Balaban J connectivity index is 1.97. The summed E-state index contributed by atoms with van der Waals surface area (Å²) in [6, 6.07) is 13.9. The Morgan fingerprint density at radius 2 is 1.79 bits per heavy atom. The lowest BCUT2D eigenvalue weighted by Crippen LogP contribution is -2.42. The second kappa shape index (κ2) is 8.14. The molecule has 6 nitrogen and oxygen atoms in total. The van der Waals surface area contributed by atoms with Crippen LogP contribution in [-0.2, 0) is 25.8 Å². The van der Waals surface area contributed by atoms with Gasteiger partial charge in [0.25, 0.3) is 5.91 Å². The smallest absolute Gasteiger partial charge is 0.329 e. The van der Waals surface area contributed by atoms with Crippen molar-refractivity contribution in [1.82, 2.24) is 4.90 Å². The van der Waals surface area contributed by atoms with Crippen LogP contribution in [0.3, 0.4) is 0 Å². The Labute approximate surface area is 165 Å². The molecule has 0 N–H and O–H groups in total. The van der Waals surface area contributed by atoms with E-state index in [1.807, 2.05) is 36.4 Å². The highest BCUT2D eigenvalue weighted by molar-refractivity contribution is 7.91. The van der Waals surface area contributed by atoms with E-state index in [1.54, 1.807) is 12.1 Å². The van der Waals surface area contributed by atoms with E-state index < -0.39 is 39.4 Å². The molecule has 148 valence electrons. The van der Waals surface area contributed by atoms with Crippen molar-refractivity contribution in [2.75, 3.05) is 18.7 Å². The van der Waals surface area contributed by atoms with Gasteiger partial charge in [-0.2, -0.15) is 0 Å². The van der Waals surface area contributed by atoms with Gasteiger partial charge in [0.05, 0.1) is 12.9 Å². The molecule has 1 heterocycles. The molecule has 0 radical (unpaired) electrons. The minimum absolute atomic E-state index is 0.358. The van der Waals surface area contributed by atoms with Gasteiger partial charge in [-0.25, -0.2) is 13.2 Å². The molecule has 0 bridgehead atoms. The summed E-state index contributed by atoms with van der Waals surface area (Å²) in [4.78, 5) is 26.3. The Morgan fingerprint density at radius 3 is 2.43 bits per heavy atom. The Bertz CT molecular complexity index is 982. The number of nitrogens with zero attached hydrogens (tertiary/aromatic N) is 1. The normalized spacial score (nSPS) is 18.1. The maximum absolute atomic E-state index is 13.2. The number of esters is 1. The lowest BCUT2D eigenvalue weighted by atomic mass is 9.97. The summed E-state index contributed by atoms with van der Waals surface area (Å²) in [5.74, 6) is -2.13. The number of carbonyl (C=O) groups excluding carboxylic acids is 2. The van der Waals surface area contributed by atoms with Crippen LogP contribution < -0.4 is 0 Å². The third-order valence-electron chi connectivity index (χ3n) is 4.82. The Hall–Kier alpha value is -2.67. The molecule has 0 saturated carbocycles. The molecule has 1 aliphatic heterocycles. The first kappa shape index (κ1) is 20.1. The Morgan fingerprint density at radius 1 is 1.11 bits per heavy atom. The third kappa shape index (κ3) is 4.09. The van der Waals surface area contributed by atoms with Gasteiger partial charge in [-0.3, -0.25) is 4.79 Å². The molecule has 3 rings (SSSR count). The minimum atomic E-state index is -3.54. The van der Waals surface area contributed by atoms with Crippen LogP contribution in [0.2, 0.25) is 0 Å². The summed E-state index contributed by atoms with van der Waals surface area (Å²) >= 11 is 0. The number of rotatable bonds is 5. The number of hydrogen-bond acceptors (Lipinski definition) is 5. The molecule has 1 saturated heterocycles. The van der Waals surface area contributed by atoms with E-state index in [0.717, 1.165) is 23.3 Å². The number of benzene rings is 2. The molecular weight excluding hydrogens is 378 g/mol. The van der Waals surface area contributed by atoms with E-state index in [-0.39, 0.29) is 0 Å². The first-order chi connectivity index (χ1) is 13.4. The zero-order chi connectivity index (χ0) is 20.3. The van der Waals surface area contributed by atoms with Gasteiger partial charge < -0.3 is 9.64 Å². The van der Waals surface area contributed by atoms with E-state index in [9.17, 15) is 18.0 Å². The summed E-state index contributed by atoms with van der Waals surface area (Å²) in [5.41, 5.74) is 3.13. The zero-order valence-electron chi connectivity index (χ0n) is 15.9. The molecule has 7 heteroatoms. The molecule has 0 aliphatic carbocycles. The fourth-order valence-corrected chi connectivity index (χ4v) is 5.06. The lowest BCUT2D eigenvalue weighted by molar-refractivity contribution is -0.144. The first-order valence-electron chi connectivity index (χ1n) is 9.14. The molecule has 1 amide bonds. The zero-order valence-corrected chi connectivity index (χ0v) is 16.7. The average molecular weight is 401 g/mol. The number of methoxy groups -OCH3 is 1. The van der Waals surface area contributed by atoms with Gasteiger partial charge in [-0.15, -0.1) is 0 Å². The first-order valence-corrected chi connectivity index (χ1v) is 11.0. The summed E-state index contributed by atoms with van der Waals surface area (Å²) in [7, 11) is -2.36. The van der Waals surface area contributed by atoms with Gasteiger partial charge >= 0.3 is 5.97 Å². The molecule has 1 aliphatic rings. The van der Waals surface area contributed by atoms with E-state index in [4.69, 9.17) is 4.74 Å². The van der Waals surface area contributed by atoms with Crippen molar-refractivity contribution in [2.24, 2.45) is 0 Å². The van der Waals surface area contributed by atoms with Gasteiger partial charge in [-0.05, 0) is 29.2 Å². The topological polar surface area (TPSA) is 80.8 Å². The van der Waals surface area contributed by atoms with Crippen LogP contribution in [0.1, 0.15) is 29.3 Å². The number of hydrogen-bond donors (Lipinski definition) is 0. The number of ether oxygens (including phenoxy) is 1. The van der Waals surface area contributed by atoms with Crippen LogP contribution in [0.25, 0.3) is 11.1 Å². The molecule has 0 aromatic heterocycles. The van der Waals surface area contributed by atoms with Gasteiger partial charge in [0.1, 0.15) is 11.9 Å². The predicted octanol–water partition coefficient (Wildman–Crippen LogP) is 2.68. The highest BCUT2D eigenvalue weighted by Crippen LogP contribution is 2.28. The van der Waals surface area contributed by atoms with Crippen LogP contribution in [0.4, 0.5) is 0 Å². The van der Waals surface area contributed by atoms with E-state index in [2.05, 4.69) is 6.92 Å².